The first-order valence-corrected chi connectivity index (χ1v) is 7.00. The average Bonchev–Trinajstić information content (AvgIpc) is 3.05. The Hall–Kier alpha value is -1.62. The predicted molar refractivity (Wildman–Crippen MR) is 72.5 cm³/mol. The molecule has 2 aromatic heterocycles. The van der Waals surface area contributed by atoms with Crippen molar-refractivity contribution >= 4 is 0 Å². The van der Waals surface area contributed by atoms with Gasteiger partial charge in [-0.15, -0.1) is 10.2 Å². The first-order chi connectivity index (χ1) is 9.29. The van der Waals surface area contributed by atoms with Crippen LogP contribution in [0.25, 0.3) is 11.6 Å². The minimum Gasteiger partial charge on any atom is -0.456 e. The lowest BCUT2D eigenvalue weighted by molar-refractivity contribution is 0.348. The zero-order chi connectivity index (χ0) is 13.2. The van der Waals surface area contributed by atoms with Crippen molar-refractivity contribution in [1.82, 2.24) is 14.8 Å². The Bertz CT molecular complexity index is 552. The molecule has 1 aliphatic rings. The lowest BCUT2D eigenvalue weighted by Crippen LogP contribution is -2.15. The molecule has 0 atom stereocenters. The van der Waals surface area contributed by atoms with Gasteiger partial charge in [0.05, 0.1) is 6.54 Å². The van der Waals surface area contributed by atoms with Crippen molar-refractivity contribution in [3.8, 4) is 11.6 Å². The summed E-state index contributed by atoms with van der Waals surface area (Å²) in [5.41, 5.74) is 5.59. The summed E-state index contributed by atoms with van der Waals surface area (Å²) in [6.45, 7) is 2.43. The number of aryl methyl sites for hydroxylation is 1. The third-order valence-electron chi connectivity index (χ3n) is 3.89. The van der Waals surface area contributed by atoms with Crippen LogP contribution in [0, 0.1) is 6.92 Å². The smallest absolute Gasteiger partial charge is 0.200 e. The Balaban J connectivity index is 1.97. The fourth-order valence-corrected chi connectivity index (χ4v) is 2.92. The lowest BCUT2D eigenvalue weighted by atomic mass is 9.95. The molecule has 1 aliphatic carbocycles. The van der Waals surface area contributed by atoms with Crippen LogP contribution in [0.3, 0.4) is 0 Å². The Labute approximate surface area is 112 Å². The predicted octanol–water partition coefficient (Wildman–Crippen LogP) is 2.81. The largest absolute Gasteiger partial charge is 0.456 e. The van der Waals surface area contributed by atoms with Crippen molar-refractivity contribution in [2.24, 2.45) is 5.73 Å². The summed E-state index contributed by atoms with van der Waals surface area (Å²) in [7, 11) is 0. The van der Waals surface area contributed by atoms with E-state index in [-0.39, 0.29) is 0 Å². The molecular formula is C14H20N4O. The summed E-state index contributed by atoms with van der Waals surface area (Å²) in [6, 6.07) is 4.35. The zero-order valence-electron chi connectivity index (χ0n) is 11.3. The van der Waals surface area contributed by atoms with E-state index in [4.69, 9.17) is 10.2 Å². The van der Waals surface area contributed by atoms with E-state index in [1.165, 1.54) is 32.1 Å². The van der Waals surface area contributed by atoms with Crippen LogP contribution in [0.1, 0.15) is 49.7 Å². The number of furan rings is 1. The third-order valence-corrected chi connectivity index (χ3v) is 3.89. The van der Waals surface area contributed by atoms with E-state index >= 15 is 0 Å². The number of aromatic nitrogens is 3. The molecule has 19 heavy (non-hydrogen) atoms. The van der Waals surface area contributed by atoms with Crippen LogP contribution in [0.5, 0.6) is 0 Å². The first-order valence-electron chi connectivity index (χ1n) is 7.00. The van der Waals surface area contributed by atoms with Gasteiger partial charge in [0.1, 0.15) is 11.6 Å². The Kier molecular flexibility index (Phi) is 3.38. The Morgan fingerprint density at radius 3 is 2.74 bits per heavy atom. The van der Waals surface area contributed by atoms with Crippen LogP contribution in [0.15, 0.2) is 16.5 Å². The van der Waals surface area contributed by atoms with Gasteiger partial charge >= 0.3 is 0 Å². The van der Waals surface area contributed by atoms with Gasteiger partial charge in [0.25, 0.3) is 0 Å². The number of nitrogens with zero attached hydrogens (tertiary/aromatic N) is 3. The molecule has 3 rings (SSSR count). The molecule has 0 saturated heterocycles. The number of hydrogen-bond donors (Lipinski definition) is 1. The maximum atomic E-state index is 5.72. The van der Waals surface area contributed by atoms with Gasteiger partial charge in [-0.1, -0.05) is 19.3 Å². The van der Waals surface area contributed by atoms with Gasteiger partial charge in [0, 0.05) is 6.04 Å². The maximum absolute atomic E-state index is 5.72. The van der Waals surface area contributed by atoms with Gasteiger partial charge < -0.3 is 14.7 Å². The summed E-state index contributed by atoms with van der Waals surface area (Å²) >= 11 is 0. The second kappa shape index (κ2) is 5.17. The molecule has 0 aliphatic heterocycles. The minimum absolute atomic E-state index is 0.413. The summed E-state index contributed by atoms with van der Waals surface area (Å²) in [5.74, 6) is 3.36. The van der Waals surface area contributed by atoms with Crippen molar-refractivity contribution in [3.05, 3.63) is 23.7 Å². The highest BCUT2D eigenvalue weighted by Gasteiger charge is 2.23. The molecule has 0 unspecified atom stereocenters. The topological polar surface area (TPSA) is 69.9 Å². The minimum atomic E-state index is 0.413. The van der Waals surface area contributed by atoms with Crippen molar-refractivity contribution < 1.29 is 4.42 Å². The molecule has 2 N–H and O–H groups in total. The second-order valence-electron chi connectivity index (χ2n) is 5.20. The molecular weight excluding hydrogens is 240 g/mol. The van der Waals surface area contributed by atoms with E-state index in [1.807, 2.05) is 19.1 Å². The van der Waals surface area contributed by atoms with Crippen LogP contribution < -0.4 is 5.73 Å². The van der Waals surface area contributed by atoms with E-state index in [0.717, 1.165) is 23.2 Å². The van der Waals surface area contributed by atoms with Crippen LogP contribution in [-0.2, 0) is 6.54 Å². The lowest BCUT2D eigenvalue weighted by Gasteiger charge is -2.24. The van der Waals surface area contributed by atoms with Crippen LogP contribution >= 0.6 is 0 Å². The summed E-state index contributed by atoms with van der Waals surface area (Å²) < 4.78 is 7.95. The highest BCUT2D eigenvalue weighted by Crippen LogP contribution is 2.33. The average molecular weight is 260 g/mol. The van der Waals surface area contributed by atoms with Crippen LogP contribution in [0.4, 0.5) is 0 Å². The standard InChI is InChI=1S/C14H20N4O/c1-10-16-17-14(13-8-7-12(9-15)19-13)18(10)11-5-3-2-4-6-11/h7-8,11H,2-6,9,15H2,1H3. The fraction of sp³-hybridized carbons (Fsp3) is 0.571. The van der Waals surface area contributed by atoms with Crippen molar-refractivity contribution in [3.63, 3.8) is 0 Å². The Morgan fingerprint density at radius 2 is 2.05 bits per heavy atom. The van der Waals surface area contributed by atoms with E-state index < -0.39 is 0 Å². The van der Waals surface area contributed by atoms with Crippen molar-refractivity contribution in [2.75, 3.05) is 0 Å². The van der Waals surface area contributed by atoms with Gasteiger partial charge in [-0.05, 0) is 31.9 Å². The van der Waals surface area contributed by atoms with E-state index in [2.05, 4.69) is 14.8 Å². The molecule has 2 aromatic rings. The number of rotatable bonds is 3. The molecule has 0 bridgehead atoms. The highest BCUT2D eigenvalue weighted by molar-refractivity contribution is 5.48. The molecule has 5 nitrogen and oxygen atoms in total. The molecule has 0 radical (unpaired) electrons. The second-order valence-corrected chi connectivity index (χ2v) is 5.20. The molecule has 0 spiro atoms. The van der Waals surface area contributed by atoms with E-state index in [1.54, 1.807) is 0 Å². The summed E-state index contributed by atoms with van der Waals surface area (Å²) in [5, 5.41) is 8.51. The highest BCUT2D eigenvalue weighted by atomic mass is 16.3. The van der Waals surface area contributed by atoms with E-state index in [0.29, 0.717) is 12.6 Å². The zero-order valence-corrected chi connectivity index (χ0v) is 11.3. The van der Waals surface area contributed by atoms with Gasteiger partial charge in [0.15, 0.2) is 11.6 Å². The molecule has 1 saturated carbocycles. The monoisotopic (exact) mass is 260 g/mol. The SMILES string of the molecule is Cc1nnc(-c2ccc(CN)o2)n1C1CCCCC1. The number of nitrogens with two attached hydrogens (primary N) is 1. The van der Waals surface area contributed by atoms with Crippen LogP contribution in [-0.4, -0.2) is 14.8 Å². The summed E-state index contributed by atoms with van der Waals surface area (Å²) in [4.78, 5) is 0. The molecule has 0 amide bonds. The molecule has 2 heterocycles. The molecule has 1 fully saturated rings. The van der Waals surface area contributed by atoms with Gasteiger partial charge in [0.2, 0.25) is 0 Å². The third kappa shape index (κ3) is 2.30. The maximum Gasteiger partial charge on any atom is 0.200 e. The van der Waals surface area contributed by atoms with Gasteiger partial charge in [-0.2, -0.15) is 0 Å². The Morgan fingerprint density at radius 1 is 1.26 bits per heavy atom. The number of hydrogen-bond acceptors (Lipinski definition) is 4. The fourth-order valence-electron chi connectivity index (χ4n) is 2.92. The van der Waals surface area contributed by atoms with Gasteiger partial charge in [-0.3, -0.25) is 0 Å². The van der Waals surface area contributed by atoms with Crippen molar-refractivity contribution in [1.29, 1.82) is 0 Å². The van der Waals surface area contributed by atoms with E-state index in [9.17, 15) is 0 Å². The normalized spacial score (nSPS) is 16.9. The quantitative estimate of drug-likeness (QED) is 0.921. The first kappa shape index (κ1) is 12.4. The van der Waals surface area contributed by atoms with Gasteiger partial charge in [-0.25, -0.2) is 0 Å². The van der Waals surface area contributed by atoms with Crippen molar-refractivity contribution in [2.45, 2.75) is 51.6 Å². The summed E-state index contributed by atoms with van der Waals surface area (Å²) in [6.07, 6.45) is 6.32. The molecule has 5 heteroatoms. The molecule has 0 aromatic carbocycles. The molecule has 102 valence electrons. The van der Waals surface area contributed by atoms with Crippen LogP contribution in [0.2, 0.25) is 0 Å².